The first kappa shape index (κ1) is 14.8. The van der Waals surface area contributed by atoms with E-state index in [0.717, 1.165) is 17.3 Å². The summed E-state index contributed by atoms with van der Waals surface area (Å²) in [5.74, 6) is -0.472. The molecule has 0 aliphatic heterocycles. The fourth-order valence-corrected chi connectivity index (χ4v) is 3.45. The molecule has 4 rings (SSSR count). The van der Waals surface area contributed by atoms with Crippen LogP contribution in [0, 0.1) is 5.82 Å². The molecule has 0 atom stereocenters. The zero-order chi connectivity index (χ0) is 16.6. The molecule has 0 spiro atoms. The molecular formula is C20H17FN2O. The van der Waals surface area contributed by atoms with Crippen LogP contribution in [0.2, 0.25) is 0 Å². The number of hydrogen-bond donors (Lipinski definition) is 1. The highest BCUT2D eigenvalue weighted by Gasteiger charge is 2.47. The molecule has 3 nitrogen and oxygen atoms in total. The second-order valence-electron chi connectivity index (χ2n) is 6.25. The van der Waals surface area contributed by atoms with E-state index in [0.29, 0.717) is 24.1 Å². The number of fused-ring (bicyclic) bond motifs is 1. The molecule has 0 saturated heterocycles. The Morgan fingerprint density at radius 1 is 1.04 bits per heavy atom. The lowest BCUT2D eigenvalue weighted by Gasteiger charge is -2.40. The second-order valence-corrected chi connectivity index (χ2v) is 6.25. The lowest BCUT2D eigenvalue weighted by atomic mass is 9.63. The third-order valence-electron chi connectivity index (χ3n) is 4.91. The number of carbonyl (C=O) groups is 1. The lowest BCUT2D eigenvalue weighted by Crippen LogP contribution is -2.46. The molecule has 1 fully saturated rings. The summed E-state index contributed by atoms with van der Waals surface area (Å²) in [5, 5.41) is 3.95. The number of amides is 1. The maximum atomic E-state index is 14.3. The summed E-state index contributed by atoms with van der Waals surface area (Å²) in [6.45, 7) is 0. The van der Waals surface area contributed by atoms with E-state index in [4.69, 9.17) is 0 Å². The van der Waals surface area contributed by atoms with Gasteiger partial charge in [-0.2, -0.15) is 0 Å². The Hall–Kier alpha value is -2.75. The summed E-state index contributed by atoms with van der Waals surface area (Å²) in [5.41, 5.74) is 1.13. The summed E-state index contributed by atoms with van der Waals surface area (Å²) in [6.07, 6.45) is 3.96. The third-order valence-corrected chi connectivity index (χ3v) is 4.91. The van der Waals surface area contributed by atoms with Crippen molar-refractivity contribution in [3.8, 4) is 0 Å². The topological polar surface area (TPSA) is 42.0 Å². The van der Waals surface area contributed by atoms with Crippen molar-refractivity contribution in [2.24, 2.45) is 0 Å². The van der Waals surface area contributed by atoms with Gasteiger partial charge in [0.05, 0.1) is 16.6 Å². The molecule has 1 saturated carbocycles. The fourth-order valence-electron chi connectivity index (χ4n) is 3.45. The first-order chi connectivity index (χ1) is 11.7. The van der Waals surface area contributed by atoms with Crippen LogP contribution < -0.4 is 5.32 Å². The Bertz CT molecular complexity index is 913. The van der Waals surface area contributed by atoms with Crippen LogP contribution in [0.3, 0.4) is 0 Å². The third kappa shape index (κ3) is 2.26. The van der Waals surface area contributed by atoms with Gasteiger partial charge in [-0.1, -0.05) is 42.8 Å². The van der Waals surface area contributed by atoms with Crippen LogP contribution in [-0.4, -0.2) is 10.9 Å². The minimum absolute atomic E-state index is 0.156. The number of anilines is 1. The predicted molar refractivity (Wildman–Crippen MR) is 92.3 cm³/mol. The summed E-state index contributed by atoms with van der Waals surface area (Å²) in [7, 11) is 0. The molecule has 120 valence electrons. The van der Waals surface area contributed by atoms with Crippen LogP contribution in [0.5, 0.6) is 0 Å². The highest BCUT2D eigenvalue weighted by atomic mass is 19.1. The van der Waals surface area contributed by atoms with Crippen LogP contribution in [0.25, 0.3) is 10.9 Å². The first-order valence-corrected chi connectivity index (χ1v) is 8.11. The van der Waals surface area contributed by atoms with E-state index in [2.05, 4.69) is 10.3 Å². The SMILES string of the molecule is O=C(Nc1cccc2cccnc12)C1(c2ccccc2F)CCC1. The van der Waals surface area contributed by atoms with Gasteiger partial charge in [0.15, 0.2) is 0 Å². The number of para-hydroxylation sites is 1. The number of nitrogens with one attached hydrogen (secondary N) is 1. The first-order valence-electron chi connectivity index (χ1n) is 8.11. The Labute approximate surface area is 139 Å². The van der Waals surface area contributed by atoms with Crippen molar-refractivity contribution in [2.45, 2.75) is 24.7 Å². The number of hydrogen-bond acceptors (Lipinski definition) is 2. The zero-order valence-electron chi connectivity index (χ0n) is 13.1. The van der Waals surface area contributed by atoms with Gasteiger partial charge in [-0.05, 0) is 31.0 Å². The second kappa shape index (κ2) is 5.71. The highest BCUT2D eigenvalue weighted by molar-refractivity contribution is 6.05. The monoisotopic (exact) mass is 320 g/mol. The van der Waals surface area contributed by atoms with Gasteiger partial charge in [0.1, 0.15) is 5.82 Å². The van der Waals surface area contributed by atoms with E-state index in [-0.39, 0.29) is 11.7 Å². The molecule has 0 unspecified atom stereocenters. The molecule has 4 heteroatoms. The molecule has 24 heavy (non-hydrogen) atoms. The van der Waals surface area contributed by atoms with Gasteiger partial charge in [0, 0.05) is 17.1 Å². The molecule has 0 radical (unpaired) electrons. The van der Waals surface area contributed by atoms with Crippen molar-refractivity contribution < 1.29 is 9.18 Å². The number of pyridine rings is 1. The van der Waals surface area contributed by atoms with Gasteiger partial charge in [0.2, 0.25) is 5.91 Å². The number of halogens is 1. The fraction of sp³-hybridized carbons (Fsp3) is 0.200. The lowest BCUT2D eigenvalue weighted by molar-refractivity contribution is -0.124. The van der Waals surface area contributed by atoms with Gasteiger partial charge in [-0.25, -0.2) is 4.39 Å². The largest absolute Gasteiger partial charge is 0.323 e. The van der Waals surface area contributed by atoms with Crippen molar-refractivity contribution in [2.75, 3.05) is 5.32 Å². The number of benzene rings is 2. The molecule has 0 bridgehead atoms. The molecule has 1 aromatic heterocycles. The average molecular weight is 320 g/mol. The van der Waals surface area contributed by atoms with E-state index in [1.165, 1.54) is 6.07 Å². The predicted octanol–water partition coefficient (Wildman–Crippen LogP) is 4.43. The van der Waals surface area contributed by atoms with Crippen molar-refractivity contribution >= 4 is 22.5 Å². The standard InChI is InChI=1S/C20H17FN2O/c21-16-9-2-1-8-15(16)20(11-5-12-20)19(24)23-17-10-3-6-14-7-4-13-22-18(14)17/h1-4,6-10,13H,5,11-12H2,(H,23,24). The highest BCUT2D eigenvalue weighted by Crippen LogP contribution is 2.45. The smallest absolute Gasteiger partial charge is 0.235 e. The molecular weight excluding hydrogens is 303 g/mol. The van der Waals surface area contributed by atoms with Gasteiger partial charge >= 0.3 is 0 Å². The molecule has 2 aromatic carbocycles. The molecule has 1 heterocycles. The number of aromatic nitrogens is 1. The van der Waals surface area contributed by atoms with Crippen LogP contribution in [0.4, 0.5) is 10.1 Å². The van der Waals surface area contributed by atoms with Gasteiger partial charge in [-0.3, -0.25) is 9.78 Å². The Morgan fingerprint density at radius 3 is 2.58 bits per heavy atom. The summed E-state index contributed by atoms with van der Waals surface area (Å²) in [4.78, 5) is 17.4. The molecule has 1 N–H and O–H groups in total. The van der Waals surface area contributed by atoms with Crippen LogP contribution in [0.15, 0.2) is 60.8 Å². The van der Waals surface area contributed by atoms with E-state index in [9.17, 15) is 9.18 Å². The van der Waals surface area contributed by atoms with E-state index >= 15 is 0 Å². The number of nitrogens with zero attached hydrogens (tertiary/aromatic N) is 1. The Balaban J connectivity index is 1.71. The molecule has 1 amide bonds. The van der Waals surface area contributed by atoms with Crippen LogP contribution in [0.1, 0.15) is 24.8 Å². The van der Waals surface area contributed by atoms with Crippen molar-refractivity contribution in [1.29, 1.82) is 0 Å². The van der Waals surface area contributed by atoms with E-state index < -0.39 is 5.41 Å². The van der Waals surface area contributed by atoms with Gasteiger partial charge in [0.25, 0.3) is 0 Å². The minimum Gasteiger partial charge on any atom is -0.323 e. The van der Waals surface area contributed by atoms with Crippen LogP contribution in [-0.2, 0) is 10.2 Å². The van der Waals surface area contributed by atoms with Crippen molar-refractivity contribution in [3.63, 3.8) is 0 Å². The Kier molecular flexibility index (Phi) is 3.53. The zero-order valence-corrected chi connectivity index (χ0v) is 13.1. The summed E-state index contributed by atoms with van der Waals surface area (Å²) >= 11 is 0. The number of carbonyl (C=O) groups excluding carboxylic acids is 1. The normalized spacial score (nSPS) is 15.7. The van der Waals surface area contributed by atoms with E-state index in [1.54, 1.807) is 24.4 Å². The maximum absolute atomic E-state index is 14.3. The quantitative estimate of drug-likeness (QED) is 0.775. The minimum atomic E-state index is -0.776. The maximum Gasteiger partial charge on any atom is 0.235 e. The van der Waals surface area contributed by atoms with Crippen LogP contribution >= 0.6 is 0 Å². The van der Waals surface area contributed by atoms with Crippen molar-refractivity contribution in [1.82, 2.24) is 4.98 Å². The summed E-state index contributed by atoms with van der Waals surface area (Å²) < 4.78 is 14.3. The molecule has 3 aromatic rings. The van der Waals surface area contributed by atoms with Gasteiger partial charge < -0.3 is 5.32 Å². The number of rotatable bonds is 3. The van der Waals surface area contributed by atoms with Crippen molar-refractivity contribution in [3.05, 3.63) is 72.2 Å². The molecule has 1 aliphatic carbocycles. The van der Waals surface area contributed by atoms with Gasteiger partial charge in [-0.15, -0.1) is 0 Å². The Morgan fingerprint density at radius 2 is 1.83 bits per heavy atom. The van der Waals surface area contributed by atoms with E-state index in [1.807, 2.05) is 30.3 Å². The summed E-state index contributed by atoms with van der Waals surface area (Å²) in [6, 6.07) is 16.1. The molecule has 1 aliphatic rings. The average Bonchev–Trinajstić information content (AvgIpc) is 2.56.